The van der Waals surface area contributed by atoms with E-state index in [1.807, 2.05) is 0 Å². The van der Waals surface area contributed by atoms with Gasteiger partial charge in [0.1, 0.15) is 18.8 Å². The summed E-state index contributed by atoms with van der Waals surface area (Å²) in [5.74, 6) is -1.09. The molecule has 0 amide bonds. The number of ether oxygens (including phenoxy) is 2. The maximum Gasteiger partial charge on any atom is 0.336 e. The van der Waals surface area contributed by atoms with Crippen LogP contribution in [0.2, 0.25) is 0 Å². The average Bonchev–Trinajstić information content (AvgIpc) is 2.41. The van der Waals surface area contributed by atoms with Crippen LogP contribution in [0.4, 0.5) is 0 Å². The third-order valence-corrected chi connectivity index (χ3v) is 3.72. The molecule has 134 valence electrons. The molecule has 0 fully saturated rings. The Morgan fingerprint density at radius 2 is 2.00 bits per heavy atom. The molecule has 11 heteroatoms. The Morgan fingerprint density at radius 1 is 1.39 bits per heavy atom. The Kier molecular flexibility index (Phi) is 7.59. The van der Waals surface area contributed by atoms with Crippen molar-refractivity contribution in [3.05, 3.63) is 12.2 Å². The molecule has 1 aliphatic rings. The summed E-state index contributed by atoms with van der Waals surface area (Å²) >= 11 is 16.5. The summed E-state index contributed by atoms with van der Waals surface area (Å²) in [7, 11) is -3.70. The third kappa shape index (κ3) is 8.02. The van der Waals surface area contributed by atoms with Crippen LogP contribution in [0, 0.1) is 5.92 Å². The fourth-order valence-electron chi connectivity index (χ4n) is 1.74. The van der Waals surface area contributed by atoms with Gasteiger partial charge in [-0.25, -0.2) is 4.79 Å². The van der Waals surface area contributed by atoms with Crippen LogP contribution in [-0.2, 0) is 28.6 Å². The van der Waals surface area contributed by atoms with Crippen LogP contribution in [0.5, 0.6) is 0 Å². The van der Waals surface area contributed by atoms with E-state index in [4.69, 9.17) is 44.3 Å². The van der Waals surface area contributed by atoms with Gasteiger partial charge < -0.3 is 14.6 Å². The molecule has 1 heterocycles. The lowest BCUT2D eigenvalue weighted by molar-refractivity contribution is -0.168. The molecule has 7 nitrogen and oxygen atoms in total. The van der Waals surface area contributed by atoms with Gasteiger partial charge in [0.2, 0.25) is 3.79 Å². The highest BCUT2D eigenvalue weighted by Crippen LogP contribution is 2.27. The van der Waals surface area contributed by atoms with Crippen molar-refractivity contribution in [1.82, 2.24) is 0 Å². The molecule has 1 N–H and O–H groups in total. The lowest BCUT2D eigenvalue weighted by Crippen LogP contribution is -2.44. The summed E-state index contributed by atoms with van der Waals surface area (Å²) < 4.78 is 34.9. The molecule has 23 heavy (non-hydrogen) atoms. The zero-order chi connectivity index (χ0) is 17.8. The van der Waals surface area contributed by atoms with Crippen LogP contribution in [0.15, 0.2) is 12.2 Å². The number of carbonyl (C=O) groups excluding carboxylic acids is 1. The van der Waals surface area contributed by atoms with Crippen LogP contribution in [-0.4, -0.2) is 61.1 Å². The van der Waals surface area contributed by atoms with E-state index < -0.39 is 51.4 Å². The molecule has 0 unspecified atom stereocenters. The van der Waals surface area contributed by atoms with Crippen LogP contribution >= 0.6 is 34.8 Å². The van der Waals surface area contributed by atoms with E-state index in [0.717, 1.165) is 6.26 Å². The SMILES string of the molecule is C[C@H]1C=C[C@@H]([C@H](O)COS(C)(=O)=O)O[C@H]1C(=O)OCC(Cl)(Cl)Cl. The van der Waals surface area contributed by atoms with E-state index in [2.05, 4.69) is 4.18 Å². The van der Waals surface area contributed by atoms with Crippen molar-refractivity contribution < 1.29 is 32.0 Å². The maximum atomic E-state index is 12.0. The first kappa shape index (κ1) is 21.0. The number of hydrogen-bond donors (Lipinski definition) is 1. The largest absolute Gasteiger partial charge is 0.459 e. The smallest absolute Gasteiger partial charge is 0.336 e. The Balaban J connectivity index is 2.64. The van der Waals surface area contributed by atoms with Gasteiger partial charge in [0, 0.05) is 5.92 Å². The predicted octanol–water partition coefficient (Wildman–Crippen LogP) is 1.20. The molecule has 0 saturated heterocycles. The Labute approximate surface area is 149 Å². The van der Waals surface area contributed by atoms with E-state index >= 15 is 0 Å². The van der Waals surface area contributed by atoms with Crippen molar-refractivity contribution in [2.75, 3.05) is 19.5 Å². The number of esters is 1. The lowest BCUT2D eigenvalue weighted by atomic mass is 9.98. The summed E-state index contributed by atoms with van der Waals surface area (Å²) in [4.78, 5) is 12.0. The molecular weight excluding hydrogens is 395 g/mol. The topological polar surface area (TPSA) is 99.1 Å². The Bertz CT molecular complexity index is 543. The van der Waals surface area contributed by atoms with Crippen LogP contribution in [0.1, 0.15) is 6.92 Å². The minimum atomic E-state index is -3.70. The first-order valence-electron chi connectivity index (χ1n) is 6.48. The number of halogens is 3. The third-order valence-electron chi connectivity index (χ3n) is 2.83. The summed E-state index contributed by atoms with van der Waals surface area (Å²) in [6.07, 6.45) is 0.773. The van der Waals surface area contributed by atoms with Crippen molar-refractivity contribution in [3.8, 4) is 0 Å². The quantitative estimate of drug-likeness (QED) is 0.303. The summed E-state index contributed by atoms with van der Waals surface area (Å²) in [5, 5.41) is 9.90. The molecule has 0 spiro atoms. The molecule has 0 aromatic carbocycles. The number of rotatable bonds is 6. The van der Waals surface area contributed by atoms with E-state index in [1.165, 1.54) is 6.08 Å². The number of alkyl halides is 3. The fraction of sp³-hybridized carbons (Fsp3) is 0.750. The van der Waals surface area contributed by atoms with Crippen molar-refractivity contribution in [2.45, 2.75) is 29.0 Å². The van der Waals surface area contributed by atoms with E-state index in [-0.39, 0.29) is 5.92 Å². The van der Waals surface area contributed by atoms with Gasteiger partial charge in [-0.2, -0.15) is 8.42 Å². The van der Waals surface area contributed by atoms with E-state index in [9.17, 15) is 18.3 Å². The Hall–Kier alpha value is -0.0900. The number of aliphatic hydroxyl groups excluding tert-OH is 1. The molecular formula is C12H17Cl3O7S. The second-order valence-electron chi connectivity index (χ2n) is 5.04. The van der Waals surface area contributed by atoms with E-state index in [1.54, 1.807) is 13.0 Å². The molecule has 1 aliphatic heterocycles. The maximum absolute atomic E-state index is 12.0. The van der Waals surface area contributed by atoms with Crippen LogP contribution in [0.3, 0.4) is 0 Å². The normalized spacial score (nSPS) is 26.8. The highest BCUT2D eigenvalue weighted by Gasteiger charge is 2.36. The van der Waals surface area contributed by atoms with E-state index in [0.29, 0.717) is 0 Å². The monoisotopic (exact) mass is 410 g/mol. The Morgan fingerprint density at radius 3 is 2.52 bits per heavy atom. The molecule has 0 aliphatic carbocycles. The standard InChI is InChI=1S/C12H17Cl3O7S/c1-7-3-4-9(8(16)5-21-23(2,18)19)22-10(7)11(17)20-6-12(13,14)15/h3-4,7-10,16H,5-6H2,1-2H3/t7-,8+,9-,10+/m0/s1. The molecule has 1 rings (SSSR count). The van der Waals surface area contributed by atoms with Gasteiger partial charge in [0.15, 0.2) is 6.10 Å². The summed E-state index contributed by atoms with van der Waals surface area (Å²) in [6, 6.07) is 0. The van der Waals surface area contributed by atoms with Crippen LogP contribution in [0.25, 0.3) is 0 Å². The zero-order valence-electron chi connectivity index (χ0n) is 12.3. The summed E-state index contributed by atoms with van der Waals surface area (Å²) in [5.41, 5.74) is 0. The number of carbonyl (C=O) groups is 1. The molecule has 0 bridgehead atoms. The van der Waals surface area contributed by atoms with Crippen molar-refractivity contribution >= 4 is 50.9 Å². The van der Waals surface area contributed by atoms with Crippen molar-refractivity contribution in [1.29, 1.82) is 0 Å². The fourth-order valence-corrected chi connectivity index (χ4v) is 2.29. The minimum absolute atomic E-state index is 0.336. The van der Waals surface area contributed by atoms with Gasteiger partial charge in [0.05, 0.1) is 12.9 Å². The number of aliphatic hydroxyl groups is 1. The second-order valence-corrected chi connectivity index (χ2v) is 9.20. The molecule has 0 saturated carbocycles. The van der Waals surface area contributed by atoms with Gasteiger partial charge >= 0.3 is 5.97 Å². The first-order chi connectivity index (χ1) is 10.4. The highest BCUT2D eigenvalue weighted by atomic mass is 35.6. The van der Waals surface area contributed by atoms with Gasteiger partial charge in [0.25, 0.3) is 10.1 Å². The average molecular weight is 412 g/mol. The lowest BCUT2D eigenvalue weighted by Gasteiger charge is -2.31. The number of hydrogen-bond acceptors (Lipinski definition) is 7. The van der Waals surface area contributed by atoms with Crippen molar-refractivity contribution in [2.24, 2.45) is 5.92 Å². The molecule has 0 aromatic heterocycles. The second kappa shape index (κ2) is 8.33. The predicted molar refractivity (Wildman–Crippen MR) is 85.0 cm³/mol. The highest BCUT2D eigenvalue weighted by molar-refractivity contribution is 7.85. The van der Waals surface area contributed by atoms with Gasteiger partial charge in [-0.15, -0.1) is 0 Å². The van der Waals surface area contributed by atoms with Gasteiger partial charge in [-0.3, -0.25) is 4.18 Å². The molecule has 4 atom stereocenters. The summed E-state index contributed by atoms with van der Waals surface area (Å²) in [6.45, 7) is 0.753. The molecule has 0 radical (unpaired) electrons. The molecule has 0 aromatic rings. The van der Waals surface area contributed by atoms with Crippen molar-refractivity contribution in [3.63, 3.8) is 0 Å². The van der Waals surface area contributed by atoms with Crippen LogP contribution < -0.4 is 0 Å². The first-order valence-corrected chi connectivity index (χ1v) is 9.44. The minimum Gasteiger partial charge on any atom is -0.459 e. The van der Waals surface area contributed by atoms with Gasteiger partial charge in [-0.05, 0) is 0 Å². The zero-order valence-corrected chi connectivity index (χ0v) is 15.4. The van der Waals surface area contributed by atoms with Gasteiger partial charge in [-0.1, -0.05) is 53.9 Å².